The molecule has 0 unspecified atom stereocenters. The molecule has 3 aromatic rings. The van der Waals surface area contributed by atoms with Crippen molar-refractivity contribution < 1.29 is 0 Å². The minimum Gasteiger partial charge on any atom is -0.347 e. The second-order valence-corrected chi connectivity index (χ2v) is 5.76. The molecule has 2 atom stereocenters. The molecule has 0 spiro atoms. The van der Waals surface area contributed by atoms with Gasteiger partial charge in [-0.1, -0.05) is 12.1 Å². The lowest BCUT2D eigenvalue weighted by Gasteiger charge is -2.30. The maximum Gasteiger partial charge on any atom is 0.222 e. The van der Waals surface area contributed by atoms with Crippen LogP contribution < -0.4 is 5.32 Å². The molecule has 1 aliphatic heterocycles. The van der Waals surface area contributed by atoms with E-state index < -0.39 is 0 Å². The Hall–Kier alpha value is -2.21. The molecular weight excluding hydrogens is 270 g/mol. The highest BCUT2D eigenvalue weighted by Gasteiger charge is 2.30. The highest BCUT2D eigenvalue weighted by atomic mass is 32.1. The molecule has 3 aromatic heterocycles. The maximum atomic E-state index is 4.36. The van der Waals surface area contributed by atoms with Crippen molar-refractivity contribution in [3.05, 3.63) is 58.8 Å². The third-order valence-corrected chi connectivity index (χ3v) is 4.56. The second kappa shape index (κ2) is 4.72. The van der Waals surface area contributed by atoms with Crippen molar-refractivity contribution in [2.24, 2.45) is 0 Å². The van der Waals surface area contributed by atoms with Gasteiger partial charge in [0.05, 0.1) is 12.1 Å². The number of nitrogens with one attached hydrogen (secondary N) is 1. The molecule has 0 fully saturated rings. The smallest absolute Gasteiger partial charge is 0.222 e. The van der Waals surface area contributed by atoms with E-state index in [1.54, 1.807) is 23.9 Å². The van der Waals surface area contributed by atoms with E-state index in [-0.39, 0.29) is 12.1 Å². The van der Waals surface area contributed by atoms with Gasteiger partial charge < -0.3 is 5.32 Å². The Kier molecular flexibility index (Phi) is 2.74. The van der Waals surface area contributed by atoms with Crippen LogP contribution in [0.3, 0.4) is 0 Å². The van der Waals surface area contributed by atoms with E-state index in [4.69, 9.17) is 0 Å². The number of rotatable bonds is 2. The van der Waals surface area contributed by atoms with Gasteiger partial charge in [-0.05, 0) is 29.5 Å². The third-order valence-electron chi connectivity index (χ3n) is 3.59. The zero-order valence-electron chi connectivity index (χ0n) is 10.7. The zero-order chi connectivity index (χ0) is 13.4. The van der Waals surface area contributed by atoms with E-state index in [1.807, 2.05) is 16.9 Å². The van der Waals surface area contributed by atoms with E-state index in [9.17, 15) is 0 Å². The van der Waals surface area contributed by atoms with E-state index in [0.717, 1.165) is 12.4 Å². The highest BCUT2D eigenvalue weighted by molar-refractivity contribution is 7.10. The molecule has 1 N–H and O–H groups in total. The predicted octanol–water partition coefficient (Wildman–Crippen LogP) is 2.88. The highest BCUT2D eigenvalue weighted by Crippen LogP contribution is 2.38. The van der Waals surface area contributed by atoms with Gasteiger partial charge in [-0.3, -0.25) is 4.98 Å². The molecule has 20 heavy (non-hydrogen) atoms. The normalized spacial score (nSPS) is 21.2. The van der Waals surface area contributed by atoms with Crippen LogP contribution in [-0.4, -0.2) is 19.7 Å². The average molecular weight is 283 g/mol. The molecule has 0 aliphatic carbocycles. The summed E-state index contributed by atoms with van der Waals surface area (Å²) >= 11 is 1.76. The maximum absolute atomic E-state index is 4.36. The SMILES string of the molecule is c1cncc([C@H]2C[C@H](c3cccs3)n3ncnc3N2)c1. The molecule has 0 aromatic carbocycles. The number of thiophene rings is 1. The first-order valence-corrected chi connectivity index (χ1v) is 7.39. The number of pyridine rings is 1. The first kappa shape index (κ1) is 11.6. The molecule has 100 valence electrons. The summed E-state index contributed by atoms with van der Waals surface area (Å²) in [6.07, 6.45) is 6.26. The molecule has 0 amide bonds. The fourth-order valence-electron chi connectivity index (χ4n) is 2.64. The van der Waals surface area contributed by atoms with E-state index in [0.29, 0.717) is 0 Å². The monoisotopic (exact) mass is 283 g/mol. The van der Waals surface area contributed by atoms with E-state index >= 15 is 0 Å². The standard InChI is InChI=1S/C14H13N5S/c1-3-10(8-15-5-1)11-7-12(13-4-2-6-20-13)19-14(18-11)16-9-17-19/h1-6,8-9,11-12H,7H2,(H,16,17,18)/t11-,12-/m1/s1. The van der Waals surface area contributed by atoms with Gasteiger partial charge >= 0.3 is 0 Å². The van der Waals surface area contributed by atoms with Crippen LogP contribution in [0, 0.1) is 0 Å². The Morgan fingerprint density at radius 1 is 1.30 bits per heavy atom. The summed E-state index contributed by atoms with van der Waals surface area (Å²) in [7, 11) is 0. The third kappa shape index (κ3) is 1.89. The van der Waals surface area contributed by atoms with Crippen LogP contribution in [0.5, 0.6) is 0 Å². The molecule has 0 saturated carbocycles. The quantitative estimate of drug-likeness (QED) is 0.785. The van der Waals surface area contributed by atoms with Crippen LogP contribution in [0.15, 0.2) is 48.4 Å². The summed E-state index contributed by atoms with van der Waals surface area (Å²) in [5.41, 5.74) is 1.18. The second-order valence-electron chi connectivity index (χ2n) is 4.78. The van der Waals surface area contributed by atoms with Crippen molar-refractivity contribution in [1.29, 1.82) is 0 Å². The summed E-state index contributed by atoms with van der Waals surface area (Å²) in [6, 6.07) is 8.76. The molecule has 4 rings (SSSR count). The molecule has 0 radical (unpaired) electrons. The number of anilines is 1. The van der Waals surface area contributed by atoms with Crippen LogP contribution in [0.25, 0.3) is 0 Å². The summed E-state index contributed by atoms with van der Waals surface area (Å²) in [5, 5.41) is 9.90. The Balaban J connectivity index is 1.74. The summed E-state index contributed by atoms with van der Waals surface area (Å²) < 4.78 is 1.97. The zero-order valence-corrected chi connectivity index (χ0v) is 11.5. The van der Waals surface area contributed by atoms with Gasteiger partial charge in [0.25, 0.3) is 0 Å². The predicted molar refractivity (Wildman–Crippen MR) is 77.7 cm³/mol. The Morgan fingerprint density at radius 2 is 2.30 bits per heavy atom. The Morgan fingerprint density at radius 3 is 3.10 bits per heavy atom. The van der Waals surface area contributed by atoms with Crippen LogP contribution >= 0.6 is 11.3 Å². The van der Waals surface area contributed by atoms with Crippen LogP contribution in [-0.2, 0) is 0 Å². The minimum atomic E-state index is 0.215. The van der Waals surface area contributed by atoms with Crippen molar-refractivity contribution >= 4 is 17.3 Å². The van der Waals surface area contributed by atoms with Crippen molar-refractivity contribution in [2.75, 3.05) is 5.32 Å². The summed E-state index contributed by atoms with van der Waals surface area (Å²) in [5.74, 6) is 0.823. The van der Waals surface area contributed by atoms with Crippen molar-refractivity contribution in [3.8, 4) is 0 Å². The van der Waals surface area contributed by atoms with Crippen molar-refractivity contribution in [3.63, 3.8) is 0 Å². The Labute approximate surface area is 120 Å². The van der Waals surface area contributed by atoms with Gasteiger partial charge in [-0.15, -0.1) is 11.3 Å². The van der Waals surface area contributed by atoms with E-state index in [2.05, 4.69) is 44.0 Å². The van der Waals surface area contributed by atoms with Crippen LogP contribution in [0.2, 0.25) is 0 Å². The van der Waals surface area contributed by atoms with Gasteiger partial charge in [0.1, 0.15) is 6.33 Å². The fourth-order valence-corrected chi connectivity index (χ4v) is 3.46. The van der Waals surface area contributed by atoms with Crippen molar-refractivity contribution in [1.82, 2.24) is 19.7 Å². The van der Waals surface area contributed by atoms with Crippen molar-refractivity contribution in [2.45, 2.75) is 18.5 Å². The van der Waals surface area contributed by atoms with Gasteiger partial charge in [-0.25, -0.2) is 4.68 Å². The summed E-state index contributed by atoms with van der Waals surface area (Å²) in [6.45, 7) is 0. The average Bonchev–Trinajstić information content (AvgIpc) is 3.18. The van der Waals surface area contributed by atoms with Gasteiger partial charge in [0.2, 0.25) is 5.95 Å². The van der Waals surface area contributed by atoms with Crippen LogP contribution in [0.4, 0.5) is 5.95 Å². The van der Waals surface area contributed by atoms with Gasteiger partial charge in [-0.2, -0.15) is 10.1 Å². The first-order valence-electron chi connectivity index (χ1n) is 6.51. The lowest BCUT2D eigenvalue weighted by molar-refractivity contribution is 0.436. The largest absolute Gasteiger partial charge is 0.347 e. The number of hydrogen-bond acceptors (Lipinski definition) is 5. The van der Waals surface area contributed by atoms with Gasteiger partial charge in [0.15, 0.2) is 0 Å². The lowest BCUT2D eigenvalue weighted by Crippen LogP contribution is -2.27. The summed E-state index contributed by atoms with van der Waals surface area (Å²) in [4.78, 5) is 9.84. The van der Waals surface area contributed by atoms with E-state index in [1.165, 1.54) is 10.4 Å². The first-order chi connectivity index (χ1) is 9.92. The molecule has 0 saturated heterocycles. The molecule has 0 bridgehead atoms. The topological polar surface area (TPSA) is 55.6 Å². The van der Waals surface area contributed by atoms with Gasteiger partial charge in [0, 0.05) is 17.3 Å². The molecule has 6 heteroatoms. The number of fused-ring (bicyclic) bond motifs is 1. The minimum absolute atomic E-state index is 0.215. The number of nitrogens with zero attached hydrogens (tertiary/aromatic N) is 4. The molecular formula is C14H13N5S. The Bertz CT molecular complexity index is 691. The molecule has 4 heterocycles. The fraction of sp³-hybridized carbons (Fsp3) is 0.214. The lowest BCUT2D eigenvalue weighted by atomic mass is 9.98. The molecule has 1 aliphatic rings. The molecule has 5 nitrogen and oxygen atoms in total. The number of aromatic nitrogens is 4. The van der Waals surface area contributed by atoms with Crippen LogP contribution in [0.1, 0.15) is 28.9 Å². The number of hydrogen-bond donors (Lipinski definition) is 1.